The highest BCUT2D eigenvalue weighted by Gasteiger charge is 2.28. The van der Waals surface area contributed by atoms with Crippen LogP contribution in [0.2, 0.25) is 0 Å². The van der Waals surface area contributed by atoms with Crippen LogP contribution in [0.3, 0.4) is 0 Å². The van der Waals surface area contributed by atoms with Crippen LogP contribution in [-0.2, 0) is 4.79 Å². The first-order valence-electron chi connectivity index (χ1n) is 10.7. The van der Waals surface area contributed by atoms with Crippen LogP contribution in [0.5, 0.6) is 5.75 Å². The van der Waals surface area contributed by atoms with Crippen molar-refractivity contribution < 1.29 is 23.8 Å². The lowest BCUT2D eigenvalue weighted by molar-refractivity contribution is -0.133. The lowest BCUT2D eigenvalue weighted by Crippen LogP contribution is -2.45. The number of amides is 2. The number of hydrogen-bond donors (Lipinski definition) is 2. The van der Waals surface area contributed by atoms with Gasteiger partial charge in [0, 0.05) is 12.6 Å². The topological polar surface area (TPSA) is 91.8 Å². The van der Waals surface area contributed by atoms with Crippen LogP contribution >= 0.6 is 23.1 Å². The Morgan fingerprint density at radius 3 is 2.69 bits per heavy atom. The molecule has 3 rings (SSSR count). The Kier molecular flexibility index (Phi) is 9.16. The lowest BCUT2D eigenvalue weighted by atomic mass is 9.86. The molecule has 0 aliphatic heterocycles. The first-order chi connectivity index (χ1) is 15.4. The molecule has 2 N–H and O–H groups in total. The van der Waals surface area contributed by atoms with Crippen molar-refractivity contribution in [1.82, 2.24) is 9.88 Å². The molecule has 1 aliphatic carbocycles. The summed E-state index contributed by atoms with van der Waals surface area (Å²) in [4.78, 5) is 29.9. The van der Waals surface area contributed by atoms with Crippen molar-refractivity contribution in [3.8, 4) is 5.75 Å². The van der Waals surface area contributed by atoms with Gasteiger partial charge < -0.3 is 14.7 Å². The summed E-state index contributed by atoms with van der Waals surface area (Å²) in [6.07, 6.45) is 6.34. The molecule has 1 saturated carbocycles. The van der Waals surface area contributed by atoms with E-state index in [2.05, 4.69) is 17.2 Å². The van der Waals surface area contributed by atoms with Crippen LogP contribution in [0.4, 0.5) is 14.3 Å². The predicted octanol–water partition coefficient (Wildman–Crippen LogP) is 5.34. The minimum atomic E-state index is -0.894. The third kappa shape index (κ3) is 7.67. The van der Waals surface area contributed by atoms with E-state index in [9.17, 15) is 14.0 Å². The number of hydrogen-bond acceptors (Lipinski definition) is 6. The third-order valence-electron chi connectivity index (χ3n) is 5.35. The van der Waals surface area contributed by atoms with Crippen LogP contribution in [0.25, 0.3) is 0 Å². The first kappa shape index (κ1) is 24.3. The number of carboxylic acid groups (broad SMARTS) is 1. The largest absolute Gasteiger partial charge is 0.494 e. The van der Waals surface area contributed by atoms with Gasteiger partial charge in [-0.25, -0.2) is 14.2 Å². The number of ether oxygens (including phenoxy) is 1. The van der Waals surface area contributed by atoms with Gasteiger partial charge in [-0.1, -0.05) is 18.3 Å². The van der Waals surface area contributed by atoms with E-state index in [1.54, 1.807) is 18.3 Å². The second kappa shape index (κ2) is 12.1. The van der Waals surface area contributed by atoms with Crippen molar-refractivity contribution in [3.63, 3.8) is 0 Å². The average molecular weight is 482 g/mol. The third-order valence-corrected chi connectivity index (χ3v) is 7.44. The zero-order chi connectivity index (χ0) is 22.9. The number of thioether (sulfide) groups is 1. The Morgan fingerprint density at radius 2 is 2.00 bits per heavy atom. The van der Waals surface area contributed by atoms with E-state index in [1.807, 2.05) is 4.90 Å². The van der Waals surface area contributed by atoms with E-state index < -0.39 is 5.97 Å². The summed E-state index contributed by atoms with van der Waals surface area (Å²) in [5, 5.41) is 12.1. The summed E-state index contributed by atoms with van der Waals surface area (Å²) in [7, 11) is 0. The molecule has 1 aromatic heterocycles. The highest BCUT2D eigenvalue weighted by Crippen LogP contribution is 2.30. The number of nitrogens with one attached hydrogen (secondary N) is 1. The number of aliphatic carboxylic acids is 1. The minimum absolute atomic E-state index is 0.0456. The van der Waals surface area contributed by atoms with Crippen LogP contribution < -0.4 is 10.1 Å². The molecule has 1 heterocycles. The van der Waals surface area contributed by atoms with Gasteiger partial charge in [0.1, 0.15) is 11.6 Å². The molecule has 1 aliphatic rings. The highest BCUT2D eigenvalue weighted by atomic mass is 32.2. The average Bonchev–Trinajstić information content (AvgIpc) is 3.21. The smallest absolute Gasteiger partial charge is 0.323 e. The van der Waals surface area contributed by atoms with Crippen molar-refractivity contribution in [2.75, 3.05) is 24.2 Å². The molecule has 0 unspecified atom stereocenters. The molecule has 0 spiro atoms. The molecule has 2 amide bonds. The molecular weight excluding hydrogens is 453 g/mol. The highest BCUT2D eigenvalue weighted by molar-refractivity contribution is 8.01. The zero-order valence-electron chi connectivity index (χ0n) is 18.0. The molecule has 0 saturated heterocycles. The monoisotopic (exact) mass is 481 g/mol. The Labute approximate surface area is 195 Å². The van der Waals surface area contributed by atoms with Crippen molar-refractivity contribution in [2.24, 2.45) is 5.92 Å². The second-order valence-corrected chi connectivity index (χ2v) is 10.2. The number of carbonyl (C=O) groups is 2. The summed E-state index contributed by atoms with van der Waals surface area (Å²) < 4.78 is 19.4. The number of halogens is 1. The van der Waals surface area contributed by atoms with E-state index >= 15 is 0 Å². The minimum Gasteiger partial charge on any atom is -0.494 e. The van der Waals surface area contributed by atoms with Gasteiger partial charge in [-0.05, 0) is 62.3 Å². The summed E-state index contributed by atoms with van der Waals surface area (Å²) >= 11 is 2.45. The molecule has 174 valence electrons. The Bertz CT molecular complexity index is 886. The van der Waals surface area contributed by atoms with Crippen molar-refractivity contribution in [3.05, 3.63) is 36.3 Å². The van der Waals surface area contributed by atoms with Crippen LogP contribution in [0, 0.1) is 11.7 Å². The Balaban J connectivity index is 1.55. The van der Waals surface area contributed by atoms with E-state index in [4.69, 9.17) is 9.84 Å². The molecule has 0 bridgehead atoms. The van der Waals surface area contributed by atoms with Crippen molar-refractivity contribution in [2.45, 2.75) is 49.3 Å². The van der Waals surface area contributed by atoms with Gasteiger partial charge in [-0.2, -0.15) is 0 Å². The summed E-state index contributed by atoms with van der Waals surface area (Å²) in [5.41, 5.74) is 0. The number of anilines is 1. The van der Waals surface area contributed by atoms with E-state index in [1.165, 1.54) is 35.2 Å². The molecular formula is C22H28FN3O4S2. The van der Waals surface area contributed by atoms with Crippen LogP contribution in [0.15, 0.2) is 34.7 Å². The van der Waals surface area contributed by atoms with Gasteiger partial charge in [0.05, 0.1) is 22.8 Å². The van der Waals surface area contributed by atoms with Crippen molar-refractivity contribution in [1.29, 1.82) is 0 Å². The fraction of sp³-hybridized carbons (Fsp3) is 0.500. The Hall–Kier alpha value is -2.33. The van der Waals surface area contributed by atoms with Crippen LogP contribution in [-0.4, -0.2) is 51.9 Å². The number of carboxylic acids is 1. The number of rotatable bonds is 10. The number of aromatic nitrogens is 1. The molecule has 0 radical (unpaired) electrons. The van der Waals surface area contributed by atoms with Gasteiger partial charge in [0.25, 0.3) is 0 Å². The number of benzene rings is 1. The van der Waals surface area contributed by atoms with Gasteiger partial charge in [0.15, 0.2) is 5.13 Å². The molecule has 32 heavy (non-hydrogen) atoms. The molecule has 2 aromatic rings. The standard InChI is InChI=1S/C22H28FN3O4S2/c1-15-3-7-17(8-4-15)26(11-2-12-30-18-9-5-16(23)6-10-18)22(29)25-21-24-13-20(32-21)31-14-19(27)28/h5-6,9-10,13,15,17H,2-4,7-8,11-12,14H2,1H3,(H,27,28)(H,24,25,29). The molecule has 10 heteroatoms. The van der Waals surface area contributed by atoms with E-state index in [-0.39, 0.29) is 23.6 Å². The molecule has 1 fully saturated rings. The summed E-state index contributed by atoms with van der Waals surface area (Å²) in [6, 6.07) is 5.86. The van der Waals surface area contributed by atoms with Crippen molar-refractivity contribution >= 4 is 40.2 Å². The maximum Gasteiger partial charge on any atom is 0.323 e. The summed E-state index contributed by atoms with van der Waals surface area (Å²) in [5.74, 6) is 0.0255. The normalized spacial score (nSPS) is 18.2. The van der Waals surface area contributed by atoms with Gasteiger partial charge in [0.2, 0.25) is 0 Å². The summed E-state index contributed by atoms with van der Waals surface area (Å²) in [6.45, 7) is 3.20. The Morgan fingerprint density at radius 1 is 1.28 bits per heavy atom. The van der Waals surface area contributed by atoms with Gasteiger partial charge in [-0.3, -0.25) is 10.1 Å². The lowest BCUT2D eigenvalue weighted by Gasteiger charge is -2.36. The number of urea groups is 1. The quantitative estimate of drug-likeness (QED) is 0.352. The van der Waals surface area contributed by atoms with Gasteiger partial charge >= 0.3 is 12.0 Å². The van der Waals surface area contributed by atoms with E-state index in [0.29, 0.717) is 36.4 Å². The number of carbonyl (C=O) groups excluding carboxylic acids is 1. The zero-order valence-corrected chi connectivity index (χ0v) is 19.6. The second-order valence-electron chi connectivity index (χ2n) is 7.86. The molecule has 7 nitrogen and oxygen atoms in total. The van der Waals surface area contributed by atoms with Crippen LogP contribution in [0.1, 0.15) is 39.0 Å². The number of thiazole rings is 1. The molecule has 1 aromatic carbocycles. The predicted molar refractivity (Wildman–Crippen MR) is 124 cm³/mol. The number of nitrogens with zero attached hydrogens (tertiary/aromatic N) is 2. The molecule has 0 atom stereocenters. The maximum absolute atomic E-state index is 13.1. The SMILES string of the molecule is CC1CCC(N(CCCOc2ccc(F)cc2)C(=O)Nc2ncc(SCC(=O)O)s2)CC1. The van der Waals surface area contributed by atoms with Gasteiger partial charge in [-0.15, -0.1) is 11.8 Å². The maximum atomic E-state index is 13.1. The fourth-order valence-electron chi connectivity index (χ4n) is 3.64. The van der Waals surface area contributed by atoms with E-state index in [0.717, 1.165) is 29.9 Å². The fourth-order valence-corrected chi connectivity index (χ4v) is 5.22. The first-order valence-corrected chi connectivity index (χ1v) is 12.5.